The van der Waals surface area contributed by atoms with Gasteiger partial charge < -0.3 is 20.7 Å². The zero-order valence-corrected chi connectivity index (χ0v) is 14.8. The van der Waals surface area contributed by atoms with E-state index in [0.29, 0.717) is 11.4 Å². The summed E-state index contributed by atoms with van der Waals surface area (Å²) in [6, 6.07) is 6.94. The Morgan fingerprint density at radius 1 is 1.04 bits per heavy atom. The number of nitrogens with one attached hydrogen (secondary N) is 3. The predicted octanol–water partition coefficient (Wildman–Crippen LogP) is 2.89. The number of benzene rings is 1. The maximum Gasteiger partial charge on any atom is 0.407 e. The van der Waals surface area contributed by atoms with E-state index >= 15 is 0 Å². The summed E-state index contributed by atoms with van der Waals surface area (Å²) in [7, 11) is 0. The zero-order valence-electron chi connectivity index (χ0n) is 14.8. The van der Waals surface area contributed by atoms with Gasteiger partial charge in [0.25, 0.3) is 0 Å². The molecule has 1 aliphatic rings. The summed E-state index contributed by atoms with van der Waals surface area (Å²) in [6.45, 7) is 5.51. The summed E-state index contributed by atoms with van der Waals surface area (Å²) in [5, 5.41) is 8.11. The monoisotopic (exact) mass is 347 g/mol. The molecule has 7 heteroatoms. The number of rotatable bonds is 6. The van der Waals surface area contributed by atoms with E-state index in [1.54, 1.807) is 45.0 Å². The van der Waals surface area contributed by atoms with Gasteiger partial charge in [0.15, 0.2) is 0 Å². The van der Waals surface area contributed by atoms with Gasteiger partial charge in [0, 0.05) is 30.3 Å². The van der Waals surface area contributed by atoms with E-state index in [2.05, 4.69) is 16.0 Å². The minimum Gasteiger partial charge on any atom is -0.444 e. The number of hydrogen-bond donors (Lipinski definition) is 3. The van der Waals surface area contributed by atoms with E-state index in [4.69, 9.17) is 4.74 Å². The normalized spacial score (nSPS) is 13.7. The molecule has 0 aromatic heterocycles. The molecular weight excluding hydrogens is 322 g/mol. The minimum absolute atomic E-state index is 0.0463. The fourth-order valence-corrected chi connectivity index (χ4v) is 2.04. The Hall–Kier alpha value is -2.57. The van der Waals surface area contributed by atoms with Gasteiger partial charge in [0.1, 0.15) is 5.60 Å². The van der Waals surface area contributed by atoms with Gasteiger partial charge in [-0.15, -0.1) is 0 Å². The smallest absolute Gasteiger partial charge is 0.407 e. The van der Waals surface area contributed by atoms with E-state index in [9.17, 15) is 14.4 Å². The van der Waals surface area contributed by atoms with E-state index < -0.39 is 11.7 Å². The third kappa shape index (κ3) is 7.24. The first-order chi connectivity index (χ1) is 11.7. The van der Waals surface area contributed by atoms with Gasteiger partial charge in [-0.25, -0.2) is 4.79 Å². The molecule has 0 saturated heterocycles. The molecule has 0 unspecified atom stereocenters. The number of amides is 3. The summed E-state index contributed by atoms with van der Waals surface area (Å²) in [6.07, 6.45) is 1.50. The van der Waals surface area contributed by atoms with Crippen LogP contribution in [0, 0.1) is 5.92 Å². The molecule has 25 heavy (non-hydrogen) atoms. The van der Waals surface area contributed by atoms with E-state index in [0.717, 1.165) is 12.8 Å². The molecule has 1 fully saturated rings. The van der Waals surface area contributed by atoms with Crippen LogP contribution in [0.4, 0.5) is 16.2 Å². The van der Waals surface area contributed by atoms with Crippen LogP contribution in [0.25, 0.3) is 0 Å². The average molecular weight is 347 g/mol. The Bertz CT molecular complexity index is 631. The molecular formula is C18H25N3O4. The van der Waals surface area contributed by atoms with Gasteiger partial charge in [-0.1, -0.05) is 0 Å². The molecule has 0 aliphatic heterocycles. The highest BCUT2D eigenvalue weighted by Gasteiger charge is 2.29. The first-order valence-corrected chi connectivity index (χ1v) is 8.40. The summed E-state index contributed by atoms with van der Waals surface area (Å²) in [5.41, 5.74) is 0.774. The lowest BCUT2D eigenvalue weighted by atomic mass is 10.2. The number of carbonyl (C=O) groups excluding carboxylic acids is 3. The fraction of sp³-hybridized carbons (Fsp3) is 0.500. The Labute approximate surface area is 147 Å². The molecule has 1 aromatic carbocycles. The maximum atomic E-state index is 11.9. The molecule has 0 bridgehead atoms. The van der Waals surface area contributed by atoms with Crippen LogP contribution in [0.2, 0.25) is 0 Å². The van der Waals surface area contributed by atoms with Crippen LogP contribution < -0.4 is 16.0 Å². The molecule has 3 N–H and O–H groups in total. The van der Waals surface area contributed by atoms with Gasteiger partial charge in [-0.3, -0.25) is 9.59 Å². The summed E-state index contributed by atoms with van der Waals surface area (Å²) in [4.78, 5) is 35.0. The van der Waals surface area contributed by atoms with Crippen LogP contribution in [0.15, 0.2) is 24.3 Å². The Kier molecular flexibility index (Phi) is 6.01. The summed E-state index contributed by atoms with van der Waals surface area (Å²) < 4.78 is 5.09. The first-order valence-electron chi connectivity index (χ1n) is 8.40. The van der Waals surface area contributed by atoms with Crippen molar-refractivity contribution >= 4 is 29.3 Å². The molecule has 1 aromatic rings. The van der Waals surface area contributed by atoms with Crippen molar-refractivity contribution < 1.29 is 19.1 Å². The Morgan fingerprint density at radius 2 is 1.60 bits per heavy atom. The van der Waals surface area contributed by atoms with E-state index in [-0.39, 0.29) is 30.7 Å². The van der Waals surface area contributed by atoms with Crippen molar-refractivity contribution in [3.63, 3.8) is 0 Å². The molecule has 1 aliphatic carbocycles. The molecule has 3 amide bonds. The zero-order chi connectivity index (χ0) is 18.4. The highest BCUT2D eigenvalue weighted by atomic mass is 16.6. The van der Waals surface area contributed by atoms with Gasteiger partial charge in [0.2, 0.25) is 11.8 Å². The molecule has 7 nitrogen and oxygen atoms in total. The number of ether oxygens (including phenoxy) is 1. The second-order valence-electron chi connectivity index (χ2n) is 7.07. The van der Waals surface area contributed by atoms with Crippen LogP contribution in [-0.2, 0) is 14.3 Å². The van der Waals surface area contributed by atoms with Crippen molar-refractivity contribution in [2.45, 2.75) is 45.6 Å². The van der Waals surface area contributed by atoms with E-state index in [1.807, 2.05) is 0 Å². The van der Waals surface area contributed by atoms with Crippen molar-refractivity contribution in [3.8, 4) is 0 Å². The van der Waals surface area contributed by atoms with Crippen molar-refractivity contribution in [3.05, 3.63) is 24.3 Å². The maximum absolute atomic E-state index is 11.9. The van der Waals surface area contributed by atoms with Crippen molar-refractivity contribution in [2.24, 2.45) is 5.92 Å². The lowest BCUT2D eigenvalue weighted by Gasteiger charge is -2.19. The molecule has 0 heterocycles. The molecule has 1 saturated carbocycles. The largest absolute Gasteiger partial charge is 0.444 e. The average Bonchev–Trinajstić information content (AvgIpc) is 3.32. The van der Waals surface area contributed by atoms with Crippen LogP contribution in [0.3, 0.4) is 0 Å². The highest BCUT2D eigenvalue weighted by molar-refractivity contribution is 5.95. The Balaban J connectivity index is 1.69. The quantitative estimate of drug-likeness (QED) is 0.737. The number of hydrogen-bond acceptors (Lipinski definition) is 4. The van der Waals surface area contributed by atoms with Crippen LogP contribution in [0.1, 0.15) is 40.0 Å². The van der Waals surface area contributed by atoms with Crippen molar-refractivity contribution in [2.75, 3.05) is 17.2 Å². The standard InChI is InChI=1S/C18H25N3O4/c1-18(2,3)25-17(24)19-11-10-15(22)20-13-6-8-14(9-7-13)21-16(23)12-4-5-12/h6-9,12H,4-5,10-11H2,1-3H3,(H,19,24)(H,20,22)(H,21,23). The second kappa shape index (κ2) is 8.00. The molecule has 136 valence electrons. The first kappa shape index (κ1) is 18.8. The lowest BCUT2D eigenvalue weighted by molar-refractivity contribution is -0.117. The summed E-state index contributed by atoms with van der Waals surface area (Å²) >= 11 is 0. The van der Waals surface area contributed by atoms with Gasteiger partial charge >= 0.3 is 6.09 Å². The molecule has 0 atom stereocenters. The predicted molar refractivity (Wildman–Crippen MR) is 95.3 cm³/mol. The summed E-state index contributed by atoms with van der Waals surface area (Å²) in [5.74, 6) is -0.0207. The second-order valence-corrected chi connectivity index (χ2v) is 7.07. The van der Waals surface area contributed by atoms with Gasteiger partial charge in [-0.05, 0) is 57.9 Å². The van der Waals surface area contributed by atoms with Crippen LogP contribution in [-0.4, -0.2) is 30.1 Å². The van der Waals surface area contributed by atoms with Crippen molar-refractivity contribution in [1.29, 1.82) is 0 Å². The van der Waals surface area contributed by atoms with E-state index in [1.165, 1.54) is 0 Å². The molecule has 2 rings (SSSR count). The van der Waals surface area contributed by atoms with Gasteiger partial charge in [0.05, 0.1) is 0 Å². The number of carbonyl (C=O) groups is 3. The Morgan fingerprint density at radius 3 is 2.12 bits per heavy atom. The SMILES string of the molecule is CC(C)(C)OC(=O)NCCC(=O)Nc1ccc(NC(=O)C2CC2)cc1. The third-order valence-electron chi connectivity index (χ3n) is 3.40. The molecule has 0 radical (unpaired) electrons. The van der Waals surface area contributed by atoms with Crippen LogP contribution in [0.5, 0.6) is 0 Å². The van der Waals surface area contributed by atoms with Crippen LogP contribution >= 0.6 is 0 Å². The fourth-order valence-electron chi connectivity index (χ4n) is 2.04. The third-order valence-corrected chi connectivity index (χ3v) is 3.40. The highest BCUT2D eigenvalue weighted by Crippen LogP contribution is 2.30. The number of anilines is 2. The number of alkyl carbamates (subject to hydrolysis) is 1. The van der Waals surface area contributed by atoms with Gasteiger partial charge in [-0.2, -0.15) is 0 Å². The lowest BCUT2D eigenvalue weighted by Crippen LogP contribution is -2.34. The minimum atomic E-state index is -0.566. The topological polar surface area (TPSA) is 96.5 Å². The molecule has 0 spiro atoms. The van der Waals surface area contributed by atoms with Crippen molar-refractivity contribution in [1.82, 2.24) is 5.32 Å².